The summed E-state index contributed by atoms with van der Waals surface area (Å²) in [7, 11) is 0. The molecule has 0 aliphatic carbocycles. The molecule has 0 saturated heterocycles. The van der Waals surface area contributed by atoms with E-state index in [0.29, 0.717) is 0 Å². The zero-order valence-electron chi connectivity index (χ0n) is 11.1. The van der Waals surface area contributed by atoms with Crippen molar-refractivity contribution in [3.8, 4) is 0 Å². The fraction of sp³-hybridized carbons (Fsp3) is 0.0769. The molecule has 0 aliphatic rings. The molecular formula is C13H7F3N4O2S. The number of amides is 1. The first-order chi connectivity index (χ1) is 10.9. The molecule has 2 N–H and O–H groups in total. The number of carbonyl (C=O) groups excluding carboxylic acids is 1. The average Bonchev–Trinajstić information content (AvgIpc) is 2.92. The molecule has 1 amide bonds. The third-order valence-corrected chi connectivity index (χ3v) is 3.76. The predicted octanol–water partition coefficient (Wildman–Crippen LogP) is 2.65. The molecule has 2 heterocycles. The van der Waals surface area contributed by atoms with Gasteiger partial charge in [-0.3, -0.25) is 9.59 Å². The number of halogens is 3. The minimum atomic E-state index is -4.51. The Bertz CT molecular complexity index is 948. The molecule has 6 nitrogen and oxygen atoms in total. The number of benzene rings is 1. The lowest BCUT2D eigenvalue weighted by Crippen LogP contribution is -2.13. The molecule has 0 fully saturated rings. The highest BCUT2D eigenvalue weighted by atomic mass is 32.1. The SMILES string of the molecule is O=C(Nc1cccc(C(F)(F)F)c1)c1snc2c(=O)[nH]cnc12. The summed E-state index contributed by atoms with van der Waals surface area (Å²) >= 11 is 0.747. The number of aromatic nitrogens is 3. The van der Waals surface area contributed by atoms with E-state index in [0.717, 1.165) is 30.0 Å². The Kier molecular flexibility index (Phi) is 3.60. The van der Waals surface area contributed by atoms with Crippen LogP contribution in [0.15, 0.2) is 35.4 Å². The van der Waals surface area contributed by atoms with E-state index in [4.69, 9.17) is 0 Å². The van der Waals surface area contributed by atoms with Crippen LogP contribution in [0.3, 0.4) is 0 Å². The minimum absolute atomic E-state index is 0.00620. The van der Waals surface area contributed by atoms with E-state index in [1.54, 1.807) is 0 Å². The number of anilines is 1. The second-order valence-electron chi connectivity index (χ2n) is 4.47. The van der Waals surface area contributed by atoms with Gasteiger partial charge in [0.25, 0.3) is 11.5 Å². The van der Waals surface area contributed by atoms with Gasteiger partial charge >= 0.3 is 6.18 Å². The average molecular weight is 340 g/mol. The molecule has 0 radical (unpaired) electrons. The van der Waals surface area contributed by atoms with Crippen molar-refractivity contribution < 1.29 is 18.0 Å². The number of H-pyrrole nitrogens is 1. The minimum Gasteiger partial charge on any atom is -0.321 e. The molecule has 0 atom stereocenters. The summed E-state index contributed by atoms with van der Waals surface area (Å²) < 4.78 is 41.8. The first kappa shape index (κ1) is 15.2. The van der Waals surface area contributed by atoms with Crippen LogP contribution in [0.1, 0.15) is 15.2 Å². The van der Waals surface area contributed by atoms with E-state index < -0.39 is 23.2 Å². The molecular weight excluding hydrogens is 333 g/mol. The number of rotatable bonds is 2. The lowest BCUT2D eigenvalue weighted by Gasteiger charge is -2.09. The van der Waals surface area contributed by atoms with E-state index in [1.165, 1.54) is 12.1 Å². The van der Waals surface area contributed by atoms with Crippen LogP contribution < -0.4 is 10.9 Å². The van der Waals surface area contributed by atoms with Crippen molar-refractivity contribution in [1.29, 1.82) is 0 Å². The summed E-state index contributed by atoms with van der Waals surface area (Å²) in [5, 5.41) is 2.35. The quantitative estimate of drug-likeness (QED) is 0.751. The van der Waals surface area contributed by atoms with Crippen molar-refractivity contribution in [3.63, 3.8) is 0 Å². The van der Waals surface area contributed by atoms with Gasteiger partial charge < -0.3 is 10.3 Å². The van der Waals surface area contributed by atoms with Crippen LogP contribution in [-0.2, 0) is 6.18 Å². The number of nitrogens with zero attached hydrogens (tertiary/aromatic N) is 2. The van der Waals surface area contributed by atoms with E-state index in [1.807, 2.05) is 0 Å². The van der Waals surface area contributed by atoms with Crippen LogP contribution in [0.25, 0.3) is 11.0 Å². The zero-order chi connectivity index (χ0) is 16.6. The number of carbonyl (C=O) groups is 1. The second-order valence-corrected chi connectivity index (χ2v) is 5.25. The van der Waals surface area contributed by atoms with Crippen molar-refractivity contribution in [2.45, 2.75) is 6.18 Å². The van der Waals surface area contributed by atoms with Gasteiger partial charge in [-0.2, -0.15) is 17.5 Å². The molecule has 2 aromatic heterocycles. The molecule has 23 heavy (non-hydrogen) atoms. The Morgan fingerprint density at radius 3 is 2.78 bits per heavy atom. The fourth-order valence-electron chi connectivity index (χ4n) is 1.89. The number of alkyl halides is 3. The van der Waals surface area contributed by atoms with Crippen molar-refractivity contribution in [3.05, 3.63) is 51.4 Å². The van der Waals surface area contributed by atoms with Crippen LogP contribution in [0.4, 0.5) is 18.9 Å². The van der Waals surface area contributed by atoms with E-state index in [2.05, 4.69) is 19.7 Å². The van der Waals surface area contributed by atoms with Crippen molar-refractivity contribution in [2.75, 3.05) is 5.32 Å². The Morgan fingerprint density at radius 2 is 2.04 bits per heavy atom. The smallest absolute Gasteiger partial charge is 0.321 e. The van der Waals surface area contributed by atoms with Gasteiger partial charge in [-0.1, -0.05) is 6.07 Å². The Hall–Kier alpha value is -2.75. The summed E-state index contributed by atoms with van der Waals surface area (Å²) in [6.45, 7) is 0. The number of fused-ring (bicyclic) bond motifs is 1. The summed E-state index contributed by atoms with van der Waals surface area (Å²) in [5.74, 6) is -0.685. The maximum absolute atomic E-state index is 12.7. The van der Waals surface area contributed by atoms with Gasteiger partial charge in [0.05, 0.1) is 11.9 Å². The van der Waals surface area contributed by atoms with Gasteiger partial charge in [0.15, 0.2) is 5.52 Å². The fourth-order valence-corrected chi connectivity index (χ4v) is 2.61. The van der Waals surface area contributed by atoms with Crippen LogP contribution in [0.5, 0.6) is 0 Å². The number of aromatic amines is 1. The number of nitrogens with one attached hydrogen (secondary N) is 2. The molecule has 0 spiro atoms. The van der Waals surface area contributed by atoms with Gasteiger partial charge in [0.2, 0.25) is 0 Å². The van der Waals surface area contributed by atoms with Crippen LogP contribution in [0.2, 0.25) is 0 Å². The monoisotopic (exact) mass is 340 g/mol. The van der Waals surface area contributed by atoms with Gasteiger partial charge in [-0.25, -0.2) is 4.98 Å². The van der Waals surface area contributed by atoms with Crippen molar-refractivity contribution in [1.82, 2.24) is 14.3 Å². The first-order valence-corrected chi connectivity index (χ1v) is 6.95. The summed E-state index contributed by atoms with van der Waals surface area (Å²) in [6, 6.07) is 4.24. The van der Waals surface area contributed by atoms with Crippen molar-refractivity contribution in [2.24, 2.45) is 0 Å². The normalized spacial score (nSPS) is 11.6. The molecule has 0 saturated carbocycles. The highest BCUT2D eigenvalue weighted by Crippen LogP contribution is 2.31. The van der Waals surface area contributed by atoms with Crippen LogP contribution in [-0.4, -0.2) is 20.2 Å². The van der Waals surface area contributed by atoms with E-state index in [-0.39, 0.29) is 21.6 Å². The second kappa shape index (κ2) is 5.47. The van der Waals surface area contributed by atoms with Crippen LogP contribution in [0, 0.1) is 0 Å². The molecule has 3 aromatic rings. The third kappa shape index (κ3) is 2.93. The standard InChI is InChI=1S/C13H7F3N4O2S/c14-13(15,16)6-2-1-3-7(4-6)19-12(22)10-8-9(20-23-10)11(21)18-5-17-8/h1-5H,(H,19,22)(H,17,18,21). The highest BCUT2D eigenvalue weighted by Gasteiger charge is 2.30. The topological polar surface area (TPSA) is 87.7 Å². The Labute approximate surface area is 130 Å². The van der Waals surface area contributed by atoms with Crippen molar-refractivity contribution >= 4 is 34.2 Å². The molecule has 0 unspecified atom stereocenters. The lowest BCUT2D eigenvalue weighted by atomic mass is 10.2. The molecule has 0 bridgehead atoms. The van der Waals surface area contributed by atoms with Gasteiger partial charge in [0.1, 0.15) is 10.4 Å². The largest absolute Gasteiger partial charge is 0.416 e. The van der Waals surface area contributed by atoms with Crippen LogP contribution >= 0.6 is 11.5 Å². The maximum atomic E-state index is 12.7. The van der Waals surface area contributed by atoms with E-state index in [9.17, 15) is 22.8 Å². The third-order valence-electron chi connectivity index (χ3n) is 2.93. The van der Waals surface area contributed by atoms with Gasteiger partial charge in [-0.15, -0.1) is 0 Å². The zero-order valence-corrected chi connectivity index (χ0v) is 12.0. The maximum Gasteiger partial charge on any atom is 0.416 e. The molecule has 0 aliphatic heterocycles. The first-order valence-electron chi connectivity index (χ1n) is 6.18. The summed E-state index contributed by atoms with van der Waals surface area (Å²) in [4.78, 5) is 29.9. The molecule has 3 rings (SSSR count). The summed E-state index contributed by atoms with van der Waals surface area (Å²) in [6.07, 6.45) is -3.38. The number of hydrogen-bond acceptors (Lipinski definition) is 5. The molecule has 118 valence electrons. The summed E-state index contributed by atoms with van der Waals surface area (Å²) in [5.41, 5.74) is -1.28. The Balaban J connectivity index is 1.93. The predicted molar refractivity (Wildman–Crippen MR) is 77.4 cm³/mol. The van der Waals surface area contributed by atoms with E-state index >= 15 is 0 Å². The number of hydrogen-bond donors (Lipinski definition) is 2. The molecule has 10 heteroatoms. The molecule has 1 aromatic carbocycles. The van der Waals surface area contributed by atoms with Gasteiger partial charge in [-0.05, 0) is 29.7 Å². The Morgan fingerprint density at radius 1 is 1.26 bits per heavy atom. The van der Waals surface area contributed by atoms with Gasteiger partial charge in [0, 0.05) is 5.69 Å². The lowest BCUT2D eigenvalue weighted by molar-refractivity contribution is -0.137. The highest BCUT2D eigenvalue weighted by molar-refractivity contribution is 7.09.